The molecule has 0 saturated heterocycles. The molecule has 0 aliphatic heterocycles. The van der Waals surface area contributed by atoms with Crippen molar-refractivity contribution in [1.82, 2.24) is 19.9 Å². The van der Waals surface area contributed by atoms with Gasteiger partial charge >= 0.3 is 0 Å². The van der Waals surface area contributed by atoms with Crippen LogP contribution in [0.5, 0.6) is 0 Å². The number of benzene rings is 1. The van der Waals surface area contributed by atoms with Gasteiger partial charge in [0, 0.05) is 24.4 Å². The standard InChI is InChI=1S/C18H23N5O/c1-11(2)18(24)20-9-6-10-23-12(3)21-15-16(23)13-7-4-5-8-14(13)22-17(15)19/h4-5,7-8,11H,6,9-10H2,1-3H3,(H2,19,22)(H,20,24). The Bertz CT molecular complexity index is 897. The molecule has 126 valence electrons. The van der Waals surface area contributed by atoms with Crippen molar-refractivity contribution in [3.8, 4) is 0 Å². The molecule has 24 heavy (non-hydrogen) atoms. The minimum absolute atomic E-state index is 0.00984. The number of aromatic nitrogens is 3. The number of carbonyl (C=O) groups is 1. The third-order valence-electron chi connectivity index (χ3n) is 4.18. The summed E-state index contributed by atoms with van der Waals surface area (Å²) in [4.78, 5) is 20.7. The van der Waals surface area contributed by atoms with Crippen LogP contribution in [0.4, 0.5) is 5.82 Å². The Morgan fingerprint density at radius 2 is 2.04 bits per heavy atom. The lowest BCUT2D eigenvalue weighted by Crippen LogP contribution is -2.29. The fraction of sp³-hybridized carbons (Fsp3) is 0.389. The van der Waals surface area contributed by atoms with Crippen molar-refractivity contribution in [2.75, 3.05) is 12.3 Å². The molecule has 2 heterocycles. The predicted molar refractivity (Wildman–Crippen MR) is 96.6 cm³/mol. The number of hydrogen-bond acceptors (Lipinski definition) is 4. The summed E-state index contributed by atoms with van der Waals surface area (Å²) in [7, 11) is 0. The van der Waals surface area contributed by atoms with E-state index in [2.05, 4.69) is 19.9 Å². The van der Waals surface area contributed by atoms with Crippen molar-refractivity contribution in [1.29, 1.82) is 0 Å². The molecule has 0 aliphatic carbocycles. The number of para-hydroxylation sites is 1. The lowest BCUT2D eigenvalue weighted by atomic mass is 10.2. The molecular weight excluding hydrogens is 302 g/mol. The van der Waals surface area contributed by atoms with Gasteiger partial charge in [-0.25, -0.2) is 9.97 Å². The highest BCUT2D eigenvalue weighted by atomic mass is 16.1. The van der Waals surface area contributed by atoms with E-state index in [0.717, 1.165) is 40.7 Å². The van der Waals surface area contributed by atoms with Crippen LogP contribution >= 0.6 is 0 Å². The van der Waals surface area contributed by atoms with Crippen molar-refractivity contribution in [2.24, 2.45) is 5.92 Å². The average molecular weight is 325 g/mol. The molecule has 3 aromatic rings. The number of hydrogen-bond donors (Lipinski definition) is 2. The van der Waals surface area contributed by atoms with Gasteiger partial charge < -0.3 is 15.6 Å². The van der Waals surface area contributed by atoms with E-state index in [-0.39, 0.29) is 11.8 Å². The fourth-order valence-electron chi connectivity index (χ4n) is 2.90. The first-order valence-electron chi connectivity index (χ1n) is 8.27. The number of pyridine rings is 1. The smallest absolute Gasteiger partial charge is 0.222 e. The van der Waals surface area contributed by atoms with Crippen LogP contribution in [-0.2, 0) is 11.3 Å². The van der Waals surface area contributed by atoms with Gasteiger partial charge in [-0.1, -0.05) is 32.0 Å². The lowest BCUT2D eigenvalue weighted by molar-refractivity contribution is -0.123. The number of fused-ring (bicyclic) bond motifs is 3. The second-order valence-corrected chi connectivity index (χ2v) is 6.32. The SMILES string of the molecule is Cc1nc2c(N)nc3ccccc3c2n1CCCNC(=O)C(C)C. The molecule has 0 fully saturated rings. The number of imidazole rings is 1. The molecule has 0 radical (unpaired) electrons. The highest BCUT2D eigenvalue weighted by Crippen LogP contribution is 2.28. The molecule has 2 aromatic heterocycles. The monoisotopic (exact) mass is 325 g/mol. The van der Waals surface area contributed by atoms with Gasteiger partial charge in [0.2, 0.25) is 5.91 Å². The molecule has 0 bridgehead atoms. The first kappa shape index (κ1) is 16.2. The zero-order valence-electron chi connectivity index (χ0n) is 14.3. The van der Waals surface area contributed by atoms with E-state index >= 15 is 0 Å². The summed E-state index contributed by atoms with van der Waals surface area (Å²) < 4.78 is 2.16. The Morgan fingerprint density at radius 1 is 1.29 bits per heavy atom. The van der Waals surface area contributed by atoms with Crippen LogP contribution in [0.2, 0.25) is 0 Å². The summed E-state index contributed by atoms with van der Waals surface area (Å²) >= 11 is 0. The average Bonchev–Trinajstić information content (AvgIpc) is 2.89. The van der Waals surface area contributed by atoms with E-state index in [0.29, 0.717) is 12.4 Å². The molecule has 0 unspecified atom stereocenters. The van der Waals surface area contributed by atoms with Crippen LogP contribution in [0.3, 0.4) is 0 Å². The van der Waals surface area contributed by atoms with Crippen molar-refractivity contribution in [3.05, 3.63) is 30.1 Å². The summed E-state index contributed by atoms with van der Waals surface area (Å²) in [6.45, 7) is 7.18. The van der Waals surface area contributed by atoms with Gasteiger partial charge in [0.05, 0.1) is 11.0 Å². The predicted octanol–water partition coefficient (Wildman–Crippen LogP) is 2.64. The highest BCUT2D eigenvalue weighted by molar-refractivity contribution is 6.06. The zero-order valence-corrected chi connectivity index (χ0v) is 14.3. The zero-order chi connectivity index (χ0) is 17.3. The molecule has 3 rings (SSSR count). The van der Waals surface area contributed by atoms with E-state index in [1.807, 2.05) is 45.0 Å². The van der Waals surface area contributed by atoms with Gasteiger partial charge in [-0.05, 0) is 19.4 Å². The van der Waals surface area contributed by atoms with Crippen molar-refractivity contribution in [2.45, 2.75) is 33.7 Å². The summed E-state index contributed by atoms with van der Waals surface area (Å²) in [5.41, 5.74) is 8.73. The number of nitrogen functional groups attached to an aromatic ring is 1. The molecule has 1 amide bonds. The molecule has 3 N–H and O–H groups in total. The molecule has 0 spiro atoms. The highest BCUT2D eigenvalue weighted by Gasteiger charge is 2.15. The minimum Gasteiger partial charge on any atom is -0.382 e. The number of nitrogens with zero attached hydrogens (tertiary/aromatic N) is 3. The Hall–Kier alpha value is -2.63. The Labute approximate surface area is 141 Å². The van der Waals surface area contributed by atoms with Gasteiger partial charge in [-0.3, -0.25) is 4.79 Å². The van der Waals surface area contributed by atoms with E-state index in [9.17, 15) is 4.79 Å². The van der Waals surface area contributed by atoms with Crippen molar-refractivity contribution < 1.29 is 4.79 Å². The number of nitrogens with one attached hydrogen (secondary N) is 1. The van der Waals surface area contributed by atoms with E-state index < -0.39 is 0 Å². The van der Waals surface area contributed by atoms with Gasteiger partial charge in [0.15, 0.2) is 5.82 Å². The lowest BCUT2D eigenvalue weighted by Gasteiger charge is -2.11. The molecular formula is C18H23N5O. The number of anilines is 1. The number of nitrogens with two attached hydrogens (primary N) is 1. The van der Waals surface area contributed by atoms with Crippen LogP contribution in [0, 0.1) is 12.8 Å². The van der Waals surface area contributed by atoms with Gasteiger partial charge in [-0.15, -0.1) is 0 Å². The van der Waals surface area contributed by atoms with Gasteiger partial charge in [-0.2, -0.15) is 0 Å². The maximum Gasteiger partial charge on any atom is 0.222 e. The van der Waals surface area contributed by atoms with Gasteiger partial charge in [0.1, 0.15) is 11.3 Å². The van der Waals surface area contributed by atoms with E-state index in [1.54, 1.807) is 0 Å². The maximum absolute atomic E-state index is 11.6. The van der Waals surface area contributed by atoms with Crippen LogP contribution in [0.1, 0.15) is 26.1 Å². The fourth-order valence-corrected chi connectivity index (χ4v) is 2.90. The Balaban J connectivity index is 1.90. The first-order valence-corrected chi connectivity index (χ1v) is 8.27. The summed E-state index contributed by atoms with van der Waals surface area (Å²) in [6, 6.07) is 7.95. The number of rotatable bonds is 5. The molecule has 0 saturated carbocycles. The Morgan fingerprint density at radius 3 is 2.79 bits per heavy atom. The number of amides is 1. The molecule has 6 nitrogen and oxygen atoms in total. The van der Waals surface area contributed by atoms with Crippen LogP contribution in [0.25, 0.3) is 21.9 Å². The van der Waals surface area contributed by atoms with Gasteiger partial charge in [0.25, 0.3) is 0 Å². The normalized spacial score (nSPS) is 11.5. The molecule has 0 atom stereocenters. The number of carbonyl (C=O) groups excluding carboxylic acids is 1. The number of aryl methyl sites for hydroxylation is 2. The minimum atomic E-state index is 0.00984. The summed E-state index contributed by atoms with van der Waals surface area (Å²) in [6.07, 6.45) is 0.835. The third-order valence-corrected chi connectivity index (χ3v) is 4.18. The van der Waals surface area contributed by atoms with Crippen molar-refractivity contribution >= 4 is 33.7 Å². The first-order chi connectivity index (χ1) is 11.5. The van der Waals surface area contributed by atoms with E-state index in [1.165, 1.54) is 0 Å². The third kappa shape index (κ3) is 2.91. The van der Waals surface area contributed by atoms with Crippen molar-refractivity contribution in [3.63, 3.8) is 0 Å². The summed E-state index contributed by atoms with van der Waals surface area (Å²) in [5.74, 6) is 1.46. The summed E-state index contributed by atoms with van der Waals surface area (Å²) in [5, 5.41) is 4.00. The van der Waals surface area contributed by atoms with Crippen LogP contribution in [0.15, 0.2) is 24.3 Å². The molecule has 0 aliphatic rings. The van der Waals surface area contributed by atoms with Crippen LogP contribution < -0.4 is 11.1 Å². The largest absolute Gasteiger partial charge is 0.382 e. The maximum atomic E-state index is 11.6. The molecule has 1 aromatic carbocycles. The second-order valence-electron chi connectivity index (χ2n) is 6.32. The topological polar surface area (TPSA) is 85.8 Å². The van der Waals surface area contributed by atoms with E-state index in [4.69, 9.17) is 5.73 Å². The quantitative estimate of drug-likeness (QED) is 0.706. The second kappa shape index (κ2) is 6.47. The Kier molecular flexibility index (Phi) is 4.38. The van der Waals surface area contributed by atoms with Crippen LogP contribution in [-0.4, -0.2) is 27.0 Å². The molecule has 6 heteroatoms.